The highest BCUT2D eigenvalue weighted by atomic mass is 16.5. The van der Waals surface area contributed by atoms with Crippen LogP contribution in [0.4, 0.5) is 0 Å². The highest BCUT2D eigenvalue weighted by Crippen LogP contribution is 2.35. The van der Waals surface area contributed by atoms with Gasteiger partial charge in [-0.15, -0.1) is 0 Å². The van der Waals surface area contributed by atoms with E-state index < -0.39 is 0 Å². The van der Waals surface area contributed by atoms with Crippen LogP contribution in [-0.4, -0.2) is 38.8 Å². The van der Waals surface area contributed by atoms with Crippen LogP contribution in [0.15, 0.2) is 35.3 Å². The molecule has 0 saturated carbocycles. The van der Waals surface area contributed by atoms with Gasteiger partial charge in [-0.3, -0.25) is 4.99 Å². The molecule has 1 fully saturated rings. The number of nitrogens with one attached hydrogen (secondary N) is 2. The van der Waals surface area contributed by atoms with Crippen LogP contribution < -0.4 is 10.6 Å². The minimum Gasteiger partial charge on any atom is -0.381 e. The number of hydrogen-bond donors (Lipinski definition) is 2. The zero-order chi connectivity index (χ0) is 17.1. The number of nitrogens with zero attached hydrogens (tertiary/aromatic N) is 1. The van der Waals surface area contributed by atoms with E-state index >= 15 is 0 Å². The third kappa shape index (κ3) is 5.52. The predicted octanol–water partition coefficient (Wildman–Crippen LogP) is 3.48. The van der Waals surface area contributed by atoms with Gasteiger partial charge in [0.2, 0.25) is 0 Å². The summed E-state index contributed by atoms with van der Waals surface area (Å²) >= 11 is 0. The first-order chi connectivity index (χ1) is 11.8. The Kier molecular flexibility index (Phi) is 8.10. The second kappa shape index (κ2) is 10.3. The Hall–Kier alpha value is -1.55. The molecule has 2 N–H and O–H groups in total. The summed E-state index contributed by atoms with van der Waals surface area (Å²) < 4.78 is 5.61. The van der Waals surface area contributed by atoms with Gasteiger partial charge in [-0.1, -0.05) is 50.1 Å². The van der Waals surface area contributed by atoms with Crippen LogP contribution in [0.25, 0.3) is 0 Å². The Labute approximate surface area is 147 Å². The molecule has 0 amide bonds. The molecular formula is C20H33N3O. The van der Waals surface area contributed by atoms with E-state index in [4.69, 9.17) is 9.73 Å². The Bertz CT molecular complexity index is 481. The Morgan fingerprint density at radius 1 is 1.08 bits per heavy atom. The number of hydrogen-bond acceptors (Lipinski definition) is 2. The SMILES string of the molecule is CCCCCNC(=NCC1(c2ccccc2)CCOCC1)NCC. The van der Waals surface area contributed by atoms with Crippen molar-refractivity contribution in [3.05, 3.63) is 35.9 Å². The largest absolute Gasteiger partial charge is 0.381 e. The fourth-order valence-corrected chi connectivity index (χ4v) is 3.25. The van der Waals surface area contributed by atoms with E-state index in [1.165, 1.54) is 24.8 Å². The van der Waals surface area contributed by atoms with Gasteiger partial charge in [0.25, 0.3) is 0 Å². The minimum absolute atomic E-state index is 0.102. The van der Waals surface area contributed by atoms with Crippen molar-refractivity contribution in [2.24, 2.45) is 4.99 Å². The number of benzene rings is 1. The van der Waals surface area contributed by atoms with Gasteiger partial charge < -0.3 is 15.4 Å². The van der Waals surface area contributed by atoms with Gasteiger partial charge >= 0.3 is 0 Å². The lowest BCUT2D eigenvalue weighted by Crippen LogP contribution is -2.41. The van der Waals surface area contributed by atoms with Gasteiger partial charge in [-0.25, -0.2) is 0 Å². The molecule has 0 atom stereocenters. The number of guanidine groups is 1. The van der Waals surface area contributed by atoms with Gasteiger partial charge in [-0.2, -0.15) is 0 Å². The summed E-state index contributed by atoms with van der Waals surface area (Å²) in [6.07, 6.45) is 5.77. The second-order valence-corrected chi connectivity index (χ2v) is 6.59. The van der Waals surface area contributed by atoms with E-state index in [0.29, 0.717) is 0 Å². The van der Waals surface area contributed by atoms with E-state index in [2.05, 4.69) is 54.8 Å². The van der Waals surface area contributed by atoms with Crippen LogP contribution in [0.3, 0.4) is 0 Å². The smallest absolute Gasteiger partial charge is 0.191 e. The van der Waals surface area contributed by atoms with Crippen molar-refractivity contribution in [1.29, 1.82) is 0 Å². The summed E-state index contributed by atoms with van der Waals surface area (Å²) in [5.74, 6) is 0.940. The third-order valence-electron chi connectivity index (χ3n) is 4.79. The van der Waals surface area contributed by atoms with E-state index in [0.717, 1.165) is 51.6 Å². The molecule has 1 aliphatic rings. The van der Waals surface area contributed by atoms with Crippen LogP contribution in [0.5, 0.6) is 0 Å². The predicted molar refractivity (Wildman–Crippen MR) is 102 cm³/mol. The summed E-state index contributed by atoms with van der Waals surface area (Å²) in [6.45, 7) is 8.68. The third-order valence-corrected chi connectivity index (χ3v) is 4.79. The van der Waals surface area contributed by atoms with Crippen molar-refractivity contribution in [2.45, 2.75) is 51.4 Å². The number of unbranched alkanes of at least 4 members (excludes halogenated alkanes) is 2. The fraction of sp³-hybridized carbons (Fsp3) is 0.650. The van der Waals surface area contributed by atoms with Crippen LogP contribution in [0, 0.1) is 0 Å². The molecule has 0 bridgehead atoms. The first-order valence-corrected chi connectivity index (χ1v) is 9.46. The Morgan fingerprint density at radius 3 is 2.50 bits per heavy atom. The molecule has 0 unspecified atom stereocenters. The molecule has 0 radical (unpaired) electrons. The Balaban J connectivity index is 2.06. The van der Waals surface area contributed by atoms with E-state index in [-0.39, 0.29) is 5.41 Å². The van der Waals surface area contributed by atoms with Gasteiger partial charge in [0.15, 0.2) is 5.96 Å². The molecule has 4 heteroatoms. The summed E-state index contributed by atoms with van der Waals surface area (Å²) in [5, 5.41) is 6.85. The molecule has 0 aliphatic carbocycles. The lowest BCUT2D eigenvalue weighted by atomic mass is 9.74. The average molecular weight is 332 g/mol. The van der Waals surface area contributed by atoms with E-state index in [1.807, 2.05) is 0 Å². The topological polar surface area (TPSA) is 45.7 Å². The van der Waals surface area contributed by atoms with Gasteiger partial charge in [0.05, 0.1) is 6.54 Å². The number of aliphatic imine (C=N–C) groups is 1. The van der Waals surface area contributed by atoms with Crippen LogP contribution in [0.2, 0.25) is 0 Å². The molecule has 1 aliphatic heterocycles. The molecule has 1 aromatic rings. The van der Waals surface area contributed by atoms with Crippen molar-refractivity contribution in [1.82, 2.24) is 10.6 Å². The molecule has 134 valence electrons. The van der Waals surface area contributed by atoms with Gasteiger partial charge in [0.1, 0.15) is 0 Å². The number of ether oxygens (including phenoxy) is 1. The maximum atomic E-state index is 5.61. The summed E-state index contributed by atoms with van der Waals surface area (Å²) in [5.41, 5.74) is 1.49. The number of rotatable bonds is 8. The maximum Gasteiger partial charge on any atom is 0.191 e. The van der Waals surface area contributed by atoms with Crippen molar-refractivity contribution in [3.8, 4) is 0 Å². The zero-order valence-corrected chi connectivity index (χ0v) is 15.3. The lowest BCUT2D eigenvalue weighted by Gasteiger charge is -2.36. The highest BCUT2D eigenvalue weighted by Gasteiger charge is 2.34. The highest BCUT2D eigenvalue weighted by molar-refractivity contribution is 5.79. The Morgan fingerprint density at radius 2 is 1.83 bits per heavy atom. The fourth-order valence-electron chi connectivity index (χ4n) is 3.25. The first kappa shape index (κ1) is 18.8. The molecule has 24 heavy (non-hydrogen) atoms. The molecular weight excluding hydrogens is 298 g/mol. The summed E-state index contributed by atoms with van der Waals surface area (Å²) in [4.78, 5) is 4.92. The van der Waals surface area contributed by atoms with Gasteiger partial charge in [0, 0.05) is 31.7 Å². The molecule has 1 saturated heterocycles. The lowest BCUT2D eigenvalue weighted by molar-refractivity contribution is 0.0531. The summed E-state index contributed by atoms with van der Waals surface area (Å²) in [6, 6.07) is 10.8. The molecule has 0 spiro atoms. The zero-order valence-electron chi connectivity index (χ0n) is 15.3. The van der Waals surface area contributed by atoms with Crippen molar-refractivity contribution < 1.29 is 4.74 Å². The average Bonchev–Trinajstić information content (AvgIpc) is 2.64. The second-order valence-electron chi connectivity index (χ2n) is 6.59. The molecule has 4 nitrogen and oxygen atoms in total. The molecule has 1 heterocycles. The van der Waals surface area contributed by atoms with Crippen molar-refractivity contribution in [2.75, 3.05) is 32.8 Å². The normalized spacial score (nSPS) is 17.5. The van der Waals surface area contributed by atoms with Crippen molar-refractivity contribution in [3.63, 3.8) is 0 Å². The van der Waals surface area contributed by atoms with Gasteiger partial charge in [-0.05, 0) is 31.7 Å². The monoisotopic (exact) mass is 331 g/mol. The molecule has 0 aromatic heterocycles. The van der Waals surface area contributed by atoms with Crippen LogP contribution in [0.1, 0.15) is 51.5 Å². The standard InChI is InChI=1S/C20H33N3O/c1-3-5-9-14-22-19(21-4-2)23-17-20(12-15-24-16-13-20)18-10-7-6-8-11-18/h6-8,10-11H,3-5,9,12-17H2,1-2H3,(H2,21,22,23). The van der Waals surface area contributed by atoms with E-state index in [9.17, 15) is 0 Å². The molecule has 1 aromatic carbocycles. The molecule has 2 rings (SSSR count). The van der Waals surface area contributed by atoms with Crippen LogP contribution in [-0.2, 0) is 10.2 Å². The summed E-state index contributed by atoms with van der Waals surface area (Å²) in [7, 11) is 0. The quantitative estimate of drug-likeness (QED) is 0.435. The maximum absolute atomic E-state index is 5.61. The first-order valence-electron chi connectivity index (χ1n) is 9.46. The van der Waals surface area contributed by atoms with E-state index in [1.54, 1.807) is 0 Å². The van der Waals surface area contributed by atoms with Crippen LogP contribution >= 0.6 is 0 Å². The minimum atomic E-state index is 0.102. The van der Waals surface area contributed by atoms with Crippen molar-refractivity contribution >= 4 is 5.96 Å².